The lowest BCUT2D eigenvalue weighted by Crippen LogP contribution is -2.77. The van der Waals surface area contributed by atoms with Gasteiger partial charge in [0.1, 0.15) is 18.6 Å². The van der Waals surface area contributed by atoms with Crippen molar-refractivity contribution in [2.75, 3.05) is 12.5 Å². The fraction of sp³-hybridized carbons (Fsp3) is 1.00. The van der Waals surface area contributed by atoms with Crippen molar-refractivity contribution in [3.63, 3.8) is 0 Å². The summed E-state index contributed by atoms with van der Waals surface area (Å²) in [5.41, 5.74) is 0. The number of rotatable bonds is 6. The summed E-state index contributed by atoms with van der Waals surface area (Å²) in [6, 6.07) is 0. The summed E-state index contributed by atoms with van der Waals surface area (Å²) in [7, 11) is -13.7. The Kier molecular flexibility index (Phi) is 6.14. The van der Waals surface area contributed by atoms with Crippen molar-refractivity contribution < 1.29 is 16.8 Å². The molecule has 0 unspecified atom stereocenters. The Balaban J connectivity index is 7.39. The van der Waals surface area contributed by atoms with Crippen LogP contribution in [0.2, 0.25) is 63.7 Å². The zero-order valence-electron chi connectivity index (χ0n) is 16.0. The predicted molar refractivity (Wildman–Crippen MR) is 109 cm³/mol. The average molecular weight is 419 g/mol. The van der Waals surface area contributed by atoms with E-state index in [0.29, 0.717) is 0 Å². The molecule has 0 rings (SSSR count). The van der Waals surface area contributed by atoms with Crippen LogP contribution in [0.3, 0.4) is 0 Å². The molecule has 0 aliphatic rings. The van der Waals surface area contributed by atoms with Crippen LogP contribution in [-0.2, 0) is 18.6 Å². The zero-order valence-corrected chi connectivity index (χ0v) is 21.7. The van der Waals surface area contributed by atoms with Crippen molar-refractivity contribution in [2.45, 2.75) is 63.7 Å². The van der Waals surface area contributed by atoms with E-state index in [-0.39, 0.29) is 4.79 Å². The third kappa shape index (κ3) is 3.87. The smallest absolute Gasteiger partial charge is 0.236 e. The van der Waals surface area contributed by atoms with Crippen LogP contribution in [-0.4, -0.2) is 59.0 Å². The Labute approximate surface area is 141 Å². The van der Waals surface area contributed by atoms with Gasteiger partial charge >= 0.3 is 5.89 Å². The Morgan fingerprint density at radius 2 is 0.818 bits per heavy atom. The van der Waals surface area contributed by atoms with Crippen molar-refractivity contribution in [1.82, 2.24) is 0 Å². The Morgan fingerprint density at radius 3 is 0.864 bits per heavy atom. The van der Waals surface area contributed by atoms with Gasteiger partial charge in [-0.25, -0.2) is 16.8 Å². The second-order valence-electron chi connectivity index (χ2n) is 9.63. The van der Waals surface area contributed by atoms with Gasteiger partial charge in [-0.05, 0) is 4.79 Å². The molecule has 0 aliphatic heterocycles. The summed E-state index contributed by atoms with van der Waals surface area (Å²) in [4.78, 5) is -0.0934. The maximum absolute atomic E-state index is 13.0. The zero-order chi connectivity index (χ0) is 18.6. The van der Waals surface area contributed by atoms with E-state index in [1.54, 1.807) is 0 Å². The first kappa shape index (κ1) is 22.8. The molecule has 4 nitrogen and oxygen atoms in total. The van der Waals surface area contributed by atoms with Crippen molar-refractivity contribution in [3.8, 4) is 0 Å². The van der Waals surface area contributed by atoms with Gasteiger partial charge in [-0.3, -0.25) is 0 Å². The van der Waals surface area contributed by atoms with Crippen molar-refractivity contribution >= 4 is 48.2 Å². The summed E-state index contributed by atoms with van der Waals surface area (Å²) in [6.45, 7) is 18.7. The van der Waals surface area contributed by atoms with E-state index in [9.17, 15) is 16.8 Å². The lowest BCUT2D eigenvalue weighted by atomic mass is 11.7. The molecule has 10 heteroatoms. The lowest BCUT2D eigenvalue weighted by molar-refractivity contribution is 0.609. The second-order valence-corrected chi connectivity index (χ2v) is 49.6. The Hall–Kier alpha value is 0.768. The molecule has 134 valence electrons. The van der Waals surface area contributed by atoms with Gasteiger partial charge in [0.15, 0.2) is 0 Å². The minimum Gasteiger partial charge on any atom is -0.236 e. The first-order valence-electron chi connectivity index (χ1n) is 7.51. The molecule has 0 aromatic heterocycles. The van der Waals surface area contributed by atoms with Gasteiger partial charge in [-0.2, -0.15) is 0 Å². The fourth-order valence-electron chi connectivity index (χ4n) is 4.69. The van der Waals surface area contributed by atoms with Crippen LogP contribution in [0.4, 0.5) is 0 Å². The van der Waals surface area contributed by atoms with E-state index in [2.05, 4.69) is 39.3 Å². The monoisotopic (exact) mass is 418 g/mol. The van der Waals surface area contributed by atoms with E-state index in [4.69, 9.17) is 0 Å². The fourth-order valence-corrected chi connectivity index (χ4v) is 103. The molecule has 0 saturated carbocycles. The molecule has 0 aromatic rings. The quantitative estimate of drug-likeness (QED) is 0.622. The van der Waals surface area contributed by atoms with Crippen LogP contribution in [0.5, 0.6) is 0 Å². The highest BCUT2D eigenvalue weighted by molar-refractivity contribution is 8.58. The van der Waals surface area contributed by atoms with Crippen LogP contribution < -0.4 is 0 Å². The van der Waals surface area contributed by atoms with Gasteiger partial charge in [0, 0.05) is 28.7 Å². The molecule has 0 bridgehead atoms. The highest BCUT2D eigenvalue weighted by Gasteiger charge is 2.72. The maximum atomic E-state index is 13.0. The molecule has 0 radical (unpaired) electrons. The Morgan fingerprint density at radius 1 is 0.591 bits per heavy atom. The van der Waals surface area contributed by atoms with Gasteiger partial charge in [0.2, 0.25) is 0 Å². The summed E-state index contributed by atoms with van der Waals surface area (Å²) in [5.74, 6) is -3.59. The minimum atomic E-state index is -3.63. The van der Waals surface area contributed by atoms with Crippen molar-refractivity contribution in [1.29, 1.82) is 0 Å². The van der Waals surface area contributed by atoms with Gasteiger partial charge in [-0.15, -0.1) is 0 Å². The van der Waals surface area contributed by atoms with E-state index in [1.807, 2.05) is 19.6 Å². The first-order valence-corrected chi connectivity index (χ1v) is 26.5. The highest BCUT2D eigenvalue weighted by atomic mass is 32.6. The normalized spacial score (nSPS) is 16.2. The third-order valence-corrected chi connectivity index (χ3v) is 68.3. The molecule has 0 atom stereocenters. The first-order chi connectivity index (χ1) is 9.12. The molecular weight excluding hydrogens is 385 g/mol. The van der Waals surface area contributed by atoms with E-state index in [0.717, 1.165) is 0 Å². The standard InChI is InChI=1S/C12H34O4S2Si4/c1-17(13,14)22(18(2,15)16,21(9,10)11)12(19(3,4)5)20(6,7)8/h12H,1-11H3. The molecule has 0 saturated heterocycles. The van der Waals surface area contributed by atoms with Crippen molar-refractivity contribution in [3.05, 3.63) is 0 Å². The van der Waals surface area contributed by atoms with Gasteiger partial charge in [0.05, 0.1) is 7.59 Å². The maximum Gasteiger partial charge on any atom is 0.312 e. The predicted octanol–water partition coefficient (Wildman–Crippen LogP) is 3.06. The van der Waals surface area contributed by atoms with Crippen LogP contribution in [0.1, 0.15) is 0 Å². The summed E-state index contributed by atoms with van der Waals surface area (Å²) < 4.78 is 52.2. The number of hydrogen-bond acceptors (Lipinski definition) is 4. The Bertz CT molecular complexity index is 574. The molecule has 0 aliphatic carbocycles. The van der Waals surface area contributed by atoms with E-state index in [1.165, 1.54) is 12.5 Å². The molecule has 22 heavy (non-hydrogen) atoms. The van der Waals surface area contributed by atoms with Gasteiger partial charge < -0.3 is 0 Å². The SMILES string of the molecule is C[Si](C)(C)C([Si](C)(C)C)[Si]([Si](C)(C)C)(S(C)(=O)=O)S(C)(=O)=O. The van der Waals surface area contributed by atoms with Gasteiger partial charge in [-0.1, -0.05) is 58.9 Å². The highest BCUT2D eigenvalue weighted by Crippen LogP contribution is 2.49. The van der Waals surface area contributed by atoms with Crippen molar-refractivity contribution in [2.24, 2.45) is 0 Å². The van der Waals surface area contributed by atoms with E-state index >= 15 is 0 Å². The summed E-state index contributed by atoms with van der Waals surface area (Å²) in [5, 5.41) is 0. The molecule has 0 heterocycles. The molecule has 0 aromatic carbocycles. The van der Waals surface area contributed by atoms with Crippen LogP contribution in [0, 0.1) is 0 Å². The summed E-state index contributed by atoms with van der Waals surface area (Å²) in [6.07, 6.45) is 2.40. The largest absolute Gasteiger partial charge is 0.312 e. The van der Waals surface area contributed by atoms with Crippen LogP contribution in [0.25, 0.3) is 0 Å². The average Bonchev–Trinajstić information content (AvgIpc) is 2.02. The minimum absolute atomic E-state index is 0.0934. The molecule has 0 spiro atoms. The summed E-state index contributed by atoms with van der Waals surface area (Å²) >= 11 is 0. The van der Waals surface area contributed by atoms with Gasteiger partial charge in [0.25, 0.3) is 0 Å². The van der Waals surface area contributed by atoms with Crippen LogP contribution in [0.15, 0.2) is 0 Å². The third-order valence-electron chi connectivity index (χ3n) is 4.26. The molecule has 0 N–H and O–H groups in total. The van der Waals surface area contributed by atoms with E-state index < -0.39 is 48.2 Å². The molecule has 0 amide bonds. The number of hydrogen-bond donors (Lipinski definition) is 0. The lowest BCUT2D eigenvalue weighted by Gasteiger charge is -2.52. The topological polar surface area (TPSA) is 68.3 Å². The molecule has 0 fully saturated rings. The second kappa shape index (κ2) is 5.94. The molecular formula is C12H34O4S2Si4. The van der Waals surface area contributed by atoms with Crippen LogP contribution >= 0.6 is 0 Å².